The van der Waals surface area contributed by atoms with Crippen molar-refractivity contribution in [3.63, 3.8) is 0 Å². The molecule has 2 aromatic heterocycles. The Balaban J connectivity index is 1.61. The molecule has 0 spiro atoms. The van der Waals surface area contributed by atoms with Gasteiger partial charge in [0, 0.05) is 29.3 Å². The summed E-state index contributed by atoms with van der Waals surface area (Å²) in [6.45, 7) is 2.02. The van der Waals surface area contributed by atoms with E-state index >= 15 is 0 Å². The van der Waals surface area contributed by atoms with E-state index in [0.717, 1.165) is 23.8 Å². The summed E-state index contributed by atoms with van der Waals surface area (Å²) in [5, 5.41) is 8.14. The lowest BCUT2D eigenvalue weighted by atomic mass is 10.1. The monoisotopic (exact) mass is 437 g/mol. The molecule has 0 bridgehead atoms. The smallest absolute Gasteiger partial charge is 0.377 e. The fourth-order valence-corrected chi connectivity index (χ4v) is 3.13. The zero-order chi connectivity index (χ0) is 22.7. The molecule has 4 rings (SSSR count). The Hall–Kier alpha value is -4.14. The fraction of sp³-hybridized carbons (Fsp3) is 0.130. The van der Waals surface area contributed by atoms with Crippen molar-refractivity contribution in [1.82, 2.24) is 14.9 Å². The van der Waals surface area contributed by atoms with Crippen molar-refractivity contribution in [3.8, 4) is 22.5 Å². The molecule has 0 aliphatic heterocycles. The topological polar surface area (TPSA) is 87.2 Å². The number of aromatic nitrogens is 3. The molecule has 2 aromatic carbocycles. The lowest BCUT2D eigenvalue weighted by Crippen LogP contribution is -2.22. The van der Waals surface area contributed by atoms with E-state index in [9.17, 15) is 18.4 Å². The molecule has 0 atom stereocenters. The standard InChI is InChI=1S/C23H17F2N3O4/c1-2-31-23(30)21-12-20(27-32-21)15-5-3-4-14(8-15)13-28-22(29)7-6-19(26-28)16-9-17(24)11-18(25)10-16/h3-12H,2,13H2,1H3. The van der Waals surface area contributed by atoms with Crippen LogP contribution in [0.5, 0.6) is 0 Å². The maximum atomic E-state index is 13.6. The second kappa shape index (κ2) is 8.93. The highest BCUT2D eigenvalue weighted by Crippen LogP contribution is 2.22. The maximum Gasteiger partial charge on any atom is 0.377 e. The van der Waals surface area contributed by atoms with Crippen LogP contribution >= 0.6 is 0 Å². The molecule has 162 valence electrons. The number of hydrogen-bond acceptors (Lipinski definition) is 6. The van der Waals surface area contributed by atoms with Crippen molar-refractivity contribution in [2.24, 2.45) is 0 Å². The Labute approximate surface area is 180 Å². The zero-order valence-corrected chi connectivity index (χ0v) is 16.9. The Kier molecular flexibility index (Phi) is 5.89. The van der Waals surface area contributed by atoms with Crippen molar-refractivity contribution in [2.45, 2.75) is 13.5 Å². The van der Waals surface area contributed by atoms with Crippen LogP contribution in [0.3, 0.4) is 0 Å². The number of ether oxygens (including phenoxy) is 1. The van der Waals surface area contributed by atoms with E-state index in [1.807, 2.05) is 0 Å². The highest BCUT2D eigenvalue weighted by Gasteiger charge is 2.15. The highest BCUT2D eigenvalue weighted by atomic mass is 19.1. The quantitative estimate of drug-likeness (QED) is 0.423. The van der Waals surface area contributed by atoms with Gasteiger partial charge in [0.2, 0.25) is 5.76 Å². The van der Waals surface area contributed by atoms with E-state index in [1.54, 1.807) is 31.2 Å². The van der Waals surface area contributed by atoms with Crippen molar-refractivity contribution in [3.05, 3.63) is 94.0 Å². The summed E-state index contributed by atoms with van der Waals surface area (Å²) in [6.07, 6.45) is 0. The van der Waals surface area contributed by atoms with E-state index in [1.165, 1.54) is 22.9 Å². The number of hydrogen-bond donors (Lipinski definition) is 0. The van der Waals surface area contributed by atoms with Crippen LogP contribution in [0.15, 0.2) is 70.0 Å². The molecule has 0 radical (unpaired) electrons. The van der Waals surface area contributed by atoms with E-state index in [2.05, 4.69) is 10.3 Å². The third-order valence-electron chi connectivity index (χ3n) is 4.57. The summed E-state index contributed by atoms with van der Waals surface area (Å²) in [4.78, 5) is 24.1. The summed E-state index contributed by atoms with van der Waals surface area (Å²) in [5.74, 6) is -2.09. The number of halogens is 2. The van der Waals surface area contributed by atoms with Gasteiger partial charge in [-0.25, -0.2) is 18.3 Å². The highest BCUT2D eigenvalue weighted by molar-refractivity contribution is 5.87. The Morgan fingerprint density at radius 2 is 1.78 bits per heavy atom. The number of esters is 1. The van der Waals surface area contributed by atoms with Crippen LogP contribution in [0.25, 0.3) is 22.5 Å². The van der Waals surface area contributed by atoms with Gasteiger partial charge in [0.1, 0.15) is 17.3 Å². The van der Waals surface area contributed by atoms with Crippen molar-refractivity contribution in [2.75, 3.05) is 6.61 Å². The van der Waals surface area contributed by atoms with Crippen LogP contribution in [0.2, 0.25) is 0 Å². The number of nitrogens with zero attached hydrogens (tertiary/aromatic N) is 3. The average Bonchev–Trinajstić information content (AvgIpc) is 3.26. The minimum atomic E-state index is -0.734. The fourth-order valence-electron chi connectivity index (χ4n) is 3.13. The summed E-state index contributed by atoms with van der Waals surface area (Å²) in [7, 11) is 0. The van der Waals surface area contributed by atoms with E-state index < -0.39 is 17.6 Å². The van der Waals surface area contributed by atoms with Crippen molar-refractivity contribution < 1.29 is 22.8 Å². The molecule has 7 nitrogen and oxygen atoms in total. The van der Waals surface area contributed by atoms with Gasteiger partial charge in [0.25, 0.3) is 5.56 Å². The number of carbonyl (C=O) groups is 1. The van der Waals surface area contributed by atoms with E-state index in [0.29, 0.717) is 11.3 Å². The molecule has 9 heteroatoms. The first-order valence-corrected chi connectivity index (χ1v) is 9.70. The molecular formula is C23H17F2N3O4. The van der Waals surface area contributed by atoms with Gasteiger partial charge in [-0.15, -0.1) is 0 Å². The third kappa shape index (κ3) is 4.61. The summed E-state index contributed by atoms with van der Waals surface area (Å²) < 4.78 is 38.3. The van der Waals surface area contributed by atoms with Gasteiger partial charge in [-0.3, -0.25) is 4.79 Å². The van der Waals surface area contributed by atoms with E-state index in [-0.39, 0.29) is 35.7 Å². The van der Waals surface area contributed by atoms with Crippen LogP contribution in [0.1, 0.15) is 23.0 Å². The lowest BCUT2D eigenvalue weighted by molar-refractivity contribution is 0.0479. The van der Waals surface area contributed by atoms with Crippen LogP contribution in [0.4, 0.5) is 8.78 Å². The van der Waals surface area contributed by atoms with E-state index in [4.69, 9.17) is 9.26 Å². The van der Waals surface area contributed by atoms with Gasteiger partial charge in [-0.05, 0) is 36.8 Å². The van der Waals surface area contributed by atoms with Crippen molar-refractivity contribution in [1.29, 1.82) is 0 Å². The predicted molar refractivity (Wildman–Crippen MR) is 111 cm³/mol. The Morgan fingerprint density at radius 1 is 1.00 bits per heavy atom. The third-order valence-corrected chi connectivity index (χ3v) is 4.57. The summed E-state index contributed by atoms with van der Waals surface area (Å²) in [5.41, 5.74) is 1.92. The zero-order valence-electron chi connectivity index (χ0n) is 16.9. The largest absolute Gasteiger partial charge is 0.460 e. The second-order valence-electron chi connectivity index (χ2n) is 6.87. The molecule has 0 fully saturated rings. The normalized spacial score (nSPS) is 10.8. The Morgan fingerprint density at radius 3 is 2.53 bits per heavy atom. The molecule has 2 heterocycles. The van der Waals surface area contributed by atoms with Gasteiger partial charge in [-0.2, -0.15) is 5.10 Å². The molecule has 0 aliphatic carbocycles. The minimum absolute atomic E-state index is 0.0137. The van der Waals surface area contributed by atoms with Crippen molar-refractivity contribution >= 4 is 5.97 Å². The number of carbonyl (C=O) groups excluding carboxylic acids is 1. The predicted octanol–water partition coefficient (Wildman–Crippen LogP) is 4.07. The first-order valence-electron chi connectivity index (χ1n) is 9.70. The molecule has 0 N–H and O–H groups in total. The molecule has 0 saturated heterocycles. The SMILES string of the molecule is CCOC(=O)c1cc(-c2cccc(Cn3nc(-c4cc(F)cc(F)c4)ccc3=O)c2)no1. The van der Waals surface area contributed by atoms with Gasteiger partial charge in [-0.1, -0.05) is 23.4 Å². The number of benzene rings is 2. The van der Waals surface area contributed by atoms with Crippen LogP contribution < -0.4 is 5.56 Å². The first kappa shape index (κ1) is 21.1. The molecule has 4 aromatic rings. The lowest BCUT2D eigenvalue weighted by Gasteiger charge is -2.08. The van der Waals surface area contributed by atoms with Crippen LogP contribution in [-0.4, -0.2) is 27.5 Å². The molecule has 0 amide bonds. The first-order chi connectivity index (χ1) is 15.4. The molecule has 0 unspecified atom stereocenters. The minimum Gasteiger partial charge on any atom is -0.460 e. The number of rotatable bonds is 6. The van der Waals surface area contributed by atoms with Gasteiger partial charge >= 0.3 is 5.97 Å². The van der Waals surface area contributed by atoms with Gasteiger partial charge in [0.15, 0.2) is 0 Å². The molecule has 0 aliphatic rings. The Bertz CT molecular complexity index is 1330. The molecule has 32 heavy (non-hydrogen) atoms. The van der Waals surface area contributed by atoms with Gasteiger partial charge in [0.05, 0.1) is 18.8 Å². The molecular weight excluding hydrogens is 420 g/mol. The van der Waals surface area contributed by atoms with Crippen LogP contribution in [-0.2, 0) is 11.3 Å². The van der Waals surface area contributed by atoms with Gasteiger partial charge < -0.3 is 9.26 Å². The summed E-state index contributed by atoms with van der Waals surface area (Å²) >= 11 is 0. The maximum absolute atomic E-state index is 13.6. The average molecular weight is 437 g/mol. The molecule has 0 saturated carbocycles. The summed E-state index contributed by atoms with van der Waals surface area (Å²) in [6, 6.07) is 14.3. The second-order valence-corrected chi connectivity index (χ2v) is 6.87. The van der Waals surface area contributed by atoms with Crippen LogP contribution in [0, 0.1) is 11.6 Å².